The fourth-order valence-electron chi connectivity index (χ4n) is 6.25. The van der Waals surface area contributed by atoms with Gasteiger partial charge in [-0.2, -0.15) is 0 Å². The van der Waals surface area contributed by atoms with E-state index in [0.717, 1.165) is 48.9 Å². The quantitative estimate of drug-likeness (QED) is 0.383. The predicted octanol–water partition coefficient (Wildman–Crippen LogP) is 4.24. The summed E-state index contributed by atoms with van der Waals surface area (Å²) in [6.07, 6.45) is 5.50. The van der Waals surface area contributed by atoms with Crippen LogP contribution in [-0.4, -0.2) is 75.9 Å². The number of nitrogens with one attached hydrogen (secondary N) is 2. The lowest BCUT2D eigenvalue weighted by Gasteiger charge is -2.51. The average Bonchev–Trinajstić information content (AvgIpc) is 3.35. The maximum absolute atomic E-state index is 14.1. The lowest BCUT2D eigenvalue weighted by atomic mass is 9.81. The molecule has 0 radical (unpaired) electrons. The molecule has 1 spiro atoms. The number of aromatic nitrogens is 1. The highest BCUT2D eigenvalue weighted by molar-refractivity contribution is 6.00. The van der Waals surface area contributed by atoms with Crippen molar-refractivity contribution in [2.24, 2.45) is 0 Å². The van der Waals surface area contributed by atoms with E-state index >= 15 is 0 Å². The van der Waals surface area contributed by atoms with Crippen LogP contribution in [-0.2, 0) is 32.0 Å². The number of rotatable bonds is 9. The zero-order valence-corrected chi connectivity index (χ0v) is 24.4. The monoisotopic (exact) mass is 558 g/mol. The highest BCUT2D eigenvalue weighted by atomic mass is 16.6. The van der Waals surface area contributed by atoms with Crippen LogP contribution in [0.25, 0.3) is 10.9 Å². The molecule has 41 heavy (non-hydrogen) atoms. The molecular weight excluding hydrogens is 516 g/mol. The van der Waals surface area contributed by atoms with Crippen LogP contribution in [0.15, 0.2) is 60.8 Å². The van der Waals surface area contributed by atoms with Gasteiger partial charge >= 0.3 is 5.97 Å². The predicted molar refractivity (Wildman–Crippen MR) is 159 cm³/mol. The number of carbonyl (C=O) groups excluding carboxylic acids is 3. The number of piperidine rings is 1. The Kier molecular flexibility index (Phi) is 8.50. The van der Waals surface area contributed by atoms with Crippen LogP contribution in [0, 0.1) is 0 Å². The summed E-state index contributed by atoms with van der Waals surface area (Å²) in [7, 11) is 0. The number of piperazine rings is 1. The molecule has 8 nitrogen and oxygen atoms in total. The molecule has 3 heterocycles. The molecule has 1 aromatic heterocycles. The van der Waals surface area contributed by atoms with Gasteiger partial charge in [-0.3, -0.25) is 14.4 Å². The van der Waals surface area contributed by atoms with Gasteiger partial charge in [-0.25, -0.2) is 0 Å². The van der Waals surface area contributed by atoms with E-state index in [-0.39, 0.29) is 30.7 Å². The zero-order valence-electron chi connectivity index (χ0n) is 24.4. The Morgan fingerprint density at radius 1 is 1.00 bits per heavy atom. The lowest BCUT2D eigenvalue weighted by molar-refractivity contribution is -0.164. The number of ether oxygens (including phenoxy) is 1. The van der Waals surface area contributed by atoms with Gasteiger partial charge in [0, 0.05) is 43.2 Å². The number of benzene rings is 2. The molecule has 2 amide bonds. The van der Waals surface area contributed by atoms with E-state index in [0.29, 0.717) is 19.3 Å². The van der Waals surface area contributed by atoms with Crippen LogP contribution in [0.2, 0.25) is 0 Å². The van der Waals surface area contributed by atoms with Crippen molar-refractivity contribution in [2.45, 2.75) is 76.5 Å². The fraction of sp³-hybridized carbons (Fsp3) is 0.485. The van der Waals surface area contributed by atoms with Crippen LogP contribution in [0.4, 0.5) is 0 Å². The highest BCUT2D eigenvalue weighted by Gasteiger charge is 2.53. The van der Waals surface area contributed by atoms with Gasteiger partial charge in [0.15, 0.2) is 0 Å². The van der Waals surface area contributed by atoms with Crippen LogP contribution in [0.5, 0.6) is 0 Å². The number of para-hydroxylation sites is 1. The van der Waals surface area contributed by atoms with Crippen LogP contribution in [0.3, 0.4) is 0 Å². The fourth-order valence-corrected chi connectivity index (χ4v) is 6.25. The molecule has 1 unspecified atom stereocenters. The number of amides is 2. The summed E-state index contributed by atoms with van der Waals surface area (Å²) >= 11 is 0. The number of likely N-dealkylation sites (tertiary alicyclic amines) is 1. The van der Waals surface area contributed by atoms with E-state index in [1.165, 1.54) is 5.56 Å². The average molecular weight is 559 g/mol. The molecule has 0 saturated carbocycles. The van der Waals surface area contributed by atoms with Crippen molar-refractivity contribution < 1.29 is 19.1 Å². The topological polar surface area (TPSA) is 94.7 Å². The standard InChI is InChI=1S/C33H42N4O4/c1-32(2,3)41-29(38)15-19-37-30(39)28(22-25-23-34-27-14-8-7-13-26(25)27)35-31(40)33(37)16-20-36(21-17-33)18-9-12-24-10-5-4-6-11-24/h4-8,10-11,13-14,23,28,34H,9,12,15-22H2,1-3H3,(H,35,40). The molecular formula is C33H42N4O4. The van der Waals surface area contributed by atoms with Gasteiger partial charge in [-0.1, -0.05) is 48.5 Å². The minimum absolute atomic E-state index is 0.0542. The second-order valence-electron chi connectivity index (χ2n) is 12.4. The van der Waals surface area contributed by atoms with E-state index in [9.17, 15) is 14.4 Å². The molecule has 1 atom stereocenters. The van der Waals surface area contributed by atoms with Crippen molar-refractivity contribution in [1.82, 2.24) is 20.1 Å². The van der Waals surface area contributed by atoms with Crippen molar-refractivity contribution in [1.29, 1.82) is 0 Å². The maximum Gasteiger partial charge on any atom is 0.308 e. The number of hydrogen-bond donors (Lipinski definition) is 2. The van der Waals surface area contributed by atoms with Gasteiger partial charge in [0.1, 0.15) is 17.2 Å². The molecule has 2 N–H and O–H groups in total. The van der Waals surface area contributed by atoms with Gasteiger partial charge in [-0.05, 0) is 70.2 Å². The van der Waals surface area contributed by atoms with Crippen LogP contribution in [0.1, 0.15) is 57.6 Å². The molecule has 2 aromatic carbocycles. The molecule has 218 valence electrons. The minimum atomic E-state index is -0.953. The Morgan fingerprint density at radius 3 is 2.44 bits per heavy atom. The largest absolute Gasteiger partial charge is 0.460 e. The Balaban J connectivity index is 1.29. The van der Waals surface area contributed by atoms with Gasteiger partial charge in [0.2, 0.25) is 11.8 Å². The van der Waals surface area contributed by atoms with Crippen molar-refractivity contribution >= 4 is 28.7 Å². The third-order valence-corrected chi connectivity index (χ3v) is 8.33. The first kappa shape index (κ1) is 28.9. The Hall–Kier alpha value is -3.65. The summed E-state index contributed by atoms with van der Waals surface area (Å²) in [4.78, 5) is 47.9. The van der Waals surface area contributed by atoms with E-state index < -0.39 is 17.2 Å². The smallest absolute Gasteiger partial charge is 0.308 e. The Morgan fingerprint density at radius 2 is 1.71 bits per heavy atom. The number of fused-ring (bicyclic) bond motifs is 1. The number of aromatic amines is 1. The highest BCUT2D eigenvalue weighted by Crippen LogP contribution is 2.34. The van der Waals surface area contributed by atoms with Crippen molar-refractivity contribution in [2.75, 3.05) is 26.2 Å². The summed E-state index contributed by atoms with van der Waals surface area (Å²) in [6.45, 7) is 8.06. The summed E-state index contributed by atoms with van der Waals surface area (Å²) in [6, 6.07) is 17.7. The number of carbonyl (C=O) groups is 3. The second-order valence-corrected chi connectivity index (χ2v) is 12.4. The summed E-state index contributed by atoms with van der Waals surface area (Å²) in [5.74, 6) is -0.607. The van der Waals surface area contributed by atoms with E-state index in [2.05, 4.69) is 39.5 Å². The third kappa shape index (κ3) is 6.64. The lowest BCUT2D eigenvalue weighted by Crippen LogP contribution is -2.73. The van der Waals surface area contributed by atoms with Crippen molar-refractivity contribution in [3.63, 3.8) is 0 Å². The molecule has 2 saturated heterocycles. The normalized spacial score (nSPS) is 19.5. The van der Waals surface area contributed by atoms with Gasteiger partial charge in [0.25, 0.3) is 0 Å². The molecule has 5 rings (SSSR count). The molecule has 3 aromatic rings. The van der Waals surface area contributed by atoms with Crippen LogP contribution >= 0.6 is 0 Å². The zero-order chi connectivity index (χ0) is 29.0. The second kappa shape index (κ2) is 12.1. The third-order valence-electron chi connectivity index (χ3n) is 8.33. The first-order valence-corrected chi connectivity index (χ1v) is 14.8. The minimum Gasteiger partial charge on any atom is -0.460 e. The first-order chi connectivity index (χ1) is 19.6. The number of hydrogen-bond acceptors (Lipinski definition) is 5. The van der Waals surface area contributed by atoms with Gasteiger partial charge in [-0.15, -0.1) is 0 Å². The molecule has 8 heteroatoms. The first-order valence-electron chi connectivity index (χ1n) is 14.8. The van der Waals surface area contributed by atoms with Crippen molar-refractivity contribution in [3.05, 3.63) is 71.9 Å². The van der Waals surface area contributed by atoms with E-state index in [1.807, 2.05) is 57.3 Å². The molecule has 2 aliphatic heterocycles. The molecule has 2 aliphatic rings. The summed E-state index contributed by atoms with van der Waals surface area (Å²) in [5.41, 5.74) is 1.74. The van der Waals surface area contributed by atoms with Crippen LogP contribution < -0.4 is 5.32 Å². The Labute approximate surface area is 242 Å². The summed E-state index contributed by atoms with van der Waals surface area (Å²) < 4.78 is 5.53. The number of nitrogens with zero attached hydrogens (tertiary/aromatic N) is 2. The SMILES string of the molecule is CC(C)(C)OC(=O)CCN1C(=O)C(Cc2c[nH]c3ccccc23)NC(=O)C12CCN(CCCc1ccccc1)CC2. The van der Waals surface area contributed by atoms with Gasteiger partial charge in [0.05, 0.1) is 6.42 Å². The van der Waals surface area contributed by atoms with Crippen molar-refractivity contribution in [3.8, 4) is 0 Å². The number of aryl methyl sites for hydroxylation is 1. The molecule has 2 fully saturated rings. The van der Waals surface area contributed by atoms with Gasteiger partial charge < -0.3 is 24.8 Å². The number of H-pyrrole nitrogens is 1. The molecule has 0 aliphatic carbocycles. The maximum atomic E-state index is 14.1. The Bertz CT molecular complexity index is 1370. The summed E-state index contributed by atoms with van der Waals surface area (Å²) in [5, 5.41) is 4.13. The van der Waals surface area contributed by atoms with E-state index in [4.69, 9.17) is 4.74 Å². The van der Waals surface area contributed by atoms with E-state index in [1.54, 1.807) is 4.90 Å². The number of esters is 1. The molecule has 0 bridgehead atoms.